The van der Waals surface area contributed by atoms with Crippen molar-refractivity contribution < 1.29 is 9.90 Å². The molecule has 78 valence electrons. The molecule has 0 radical (unpaired) electrons. The molecule has 0 saturated heterocycles. The third-order valence-corrected chi connectivity index (χ3v) is 2.27. The van der Waals surface area contributed by atoms with E-state index in [1.165, 1.54) is 0 Å². The summed E-state index contributed by atoms with van der Waals surface area (Å²) in [6.45, 7) is 6.55. The van der Waals surface area contributed by atoms with Crippen LogP contribution in [-0.2, 0) is 11.3 Å². The Labute approximate surface area is 83.5 Å². The lowest BCUT2D eigenvalue weighted by atomic mass is 9.91. The van der Waals surface area contributed by atoms with Crippen LogP contribution in [-0.4, -0.2) is 20.9 Å². The second-order valence-corrected chi connectivity index (χ2v) is 3.69. The van der Waals surface area contributed by atoms with E-state index in [4.69, 9.17) is 5.11 Å². The second-order valence-electron chi connectivity index (χ2n) is 3.69. The van der Waals surface area contributed by atoms with Crippen LogP contribution in [0.15, 0.2) is 12.4 Å². The third-order valence-electron chi connectivity index (χ3n) is 2.27. The molecule has 0 amide bonds. The number of aromatic nitrogens is 2. The van der Waals surface area contributed by atoms with Crippen molar-refractivity contribution in [2.75, 3.05) is 0 Å². The number of rotatable bonds is 4. The summed E-state index contributed by atoms with van der Waals surface area (Å²) in [6.07, 6.45) is 3.45. The van der Waals surface area contributed by atoms with Gasteiger partial charge in [0, 0.05) is 18.3 Å². The quantitative estimate of drug-likeness (QED) is 0.797. The van der Waals surface area contributed by atoms with Crippen LogP contribution in [0.3, 0.4) is 0 Å². The highest BCUT2D eigenvalue weighted by Crippen LogP contribution is 2.23. The number of aliphatic carboxylic acids is 1. The number of hydrogen-bond acceptors (Lipinski definition) is 2. The van der Waals surface area contributed by atoms with Gasteiger partial charge in [0.25, 0.3) is 0 Å². The minimum atomic E-state index is -0.782. The largest absolute Gasteiger partial charge is 0.481 e. The highest BCUT2D eigenvalue weighted by molar-refractivity contribution is 5.76. The van der Waals surface area contributed by atoms with Crippen LogP contribution in [0, 0.1) is 5.92 Å². The molecular formula is C10H16N2O2. The molecule has 4 heteroatoms. The molecule has 1 unspecified atom stereocenters. The molecule has 1 N–H and O–H groups in total. The van der Waals surface area contributed by atoms with Gasteiger partial charge in [-0.2, -0.15) is 5.10 Å². The first-order valence-corrected chi connectivity index (χ1v) is 4.81. The van der Waals surface area contributed by atoms with Gasteiger partial charge in [-0.25, -0.2) is 0 Å². The minimum Gasteiger partial charge on any atom is -0.481 e. The number of hydrogen-bond donors (Lipinski definition) is 1. The summed E-state index contributed by atoms with van der Waals surface area (Å²) in [7, 11) is 0. The number of carboxylic acid groups (broad SMARTS) is 1. The Morgan fingerprint density at radius 2 is 2.29 bits per heavy atom. The first kappa shape index (κ1) is 10.8. The van der Waals surface area contributed by atoms with Crippen molar-refractivity contribution in [3.8, 4) is 0 Å². The second kappa shape index (κ2) is 4.26. The van der Waals surface area contributed by atoms with Crippen molar-refractivity contribution in [2.45, 2.75) is 33.2 Å². The zero-order valence-corrected chi connectivity index (χ0v) is 8.77. The van der Waals surface area contributed by atoms with Gasteiger partial charge in [0.15, 0.2) is 0 Å². The predicted octanol–water partition coefficient (Wildman–Crippen LogP) is 1.73. The molecule has 4 nitrogen and oxygen atoms in total. The lowest BCUT2D eigenvalue weighted by molar-refractivity contribution is -0.139. The average Bonchev–Trinajstić information content (AvgIpc) is 2.51. The molecule has 0 aliphatic heterocycles. The fourth-order valence-electron chi connectivity index (χ4n) is 1.53. The van der Waals surface area contributed by atoms with Crippen molar-refractivity contribution in [3.05, 3.63) is 18.0 Å². The molecule has 0 fully saturated rings. The summed E-state index contributed by atoms with van der Waals surface area (Å²) < 4.78 is 1.74. The van der Waals surface area contributed by atoms with Gasteiger partial charge in [0.1, 0.15) is 0 Å². The van der Waals surface area contributed by atoms with Crippen LogP contribution in [0.5, 0.6) is 0 Å². The molecule has 14 heavy (non-hydrogen) atoms. The van der Waals surface area contributed by atoms with Gasteiger partial charge in [0.05, 0.1) is 12.1 Å². The third kappa shape index (κ3) is 2.13. The Hall–Kier alpha value is -1.32. The highest BCUT2D eigenvalue weighted by atomic mass is 16.4. The maximum atomic E-state index is 11.0. The predicted molar refractivity (Wildman–Crippen MR) is 53.1 cm³/mol. The lowest BCUT2D eigenvalue weighted by Crippen LogP contribution is -2.16. The van der Waals surface area contributed by atoms with E-state index in [-0.39, 0.29) is 5.92 Å². The van der Waals surface area contributed by atoms with Crippen molar-refractivity contribution in [1.82, 2.24) is 9.78 Å². The van der Waals surface area contributed by atoms with E-state index < -0.39 is 11.9 Å². The Morgan fingerprint density at radius 1 is 1.64 bits per heavy atom. The molecule has 0 bridgehead atoms. The van der Waals surface area contributed by atoms with Gasteiger partial charge in [-0.1, -0.05) is 13.8 Å². The van der Waals surface area contributed by atoms with E-state index in [0.29, 0.717) is 0 Å². The van der Waals surface area contributed by atoms with E-state index in [2.05, 4.69) is 5.10 Å². The van der Waals surface area contributed by atoms with E-state index in [0.717, 1.165) is 12.1 Å². The topological polar surface area (TPSA) is 55.1 Å². The highest BCUT2D eigenvalue weighted by Gasteiger charge is 2.24. The van der Waals surface area contributed by atoms with Crippen LogP contribution in [0.4, 0.5) is 0 Å². The van der Waals surface area contributed by atoms with Gasteiger partial charge in [-0.15, -0.1) is 0 Å². The monoisotopic (exact) mass is 196 g/mol. The SMILES string of the molecule is CCn1cc(C(C(=O)O)C(C)C)cn1. The zero-order valence-electron chi connectivity index (χ0n) is 8.77. The number of nitrogens with zero attached hydrogens (tertiary/aromatic N) is 2. The van der Waals surface area contributed by atoms with Gasteiger partial charge in [-0.3, -0.25) is 9.48 Å². The number of aryl methyl sites for hydroxylation is 1. The normalized spacial score (nSPS) is 13.1. The fourth-order valence-corrected chi connectivity index (χ4v) is 1.53. The summed E-state index contributed by atoms with van der Waals surface area (Å²) in [4.78, 5) is 11.0. The first-order chi connectivity index (χ1) is 6.56. The first-order valence-electron chi connectivity index (χ1n) is 4.81. The number of carboxylic acids is 1. The van der Waals surface area contributed by atoms with E-state index >= 15 is 0 Å². The summed E-state index contributed by atoms with van der Waals surface area (Å²) >= 11 is 0. The van der Waals surface area contributed by atoms with E-state index in [9.17, 15) is 4.79 Å². The Balaban J connectivity index is 2.93. The van der Waals surface area contributed by atoms with Crippen molar-refractivity contribution in [3.63, 3.8) is 0 Å². The van der Waals surface area contributed by atoms with Crippen LogP contribution >= 0.6 is 0 Å². The molecule has 0 aromatic carbocycles. The molecule has 0 saturated carbocycles. The molecule has 1 aromatic heterocycles. The Morgan fingerprint density at radius 3 is 2.64 bits per heavy atom. The summed E-state index contributed by atoms with van der Waals surface area (Å²) in [6, 6.07) is 0. The van der Waals surface area contributed by atoms with Crippen molar-refractivity contribution in [1.29, 1.82) is 0 Å². The Bertz CT molecular complexity index is 318. The van der Waals surface area contributed by atoms with E-state index in [1.807, 2.05) is 20.8 Å². The molecular weight excluding hydrogens is 180 g/mol. The van der Waals surface area contributed by atoms with Crippen LogP contribution in [0.2, 0.25) is 0 Å². The van der Waals surface area contributed by atoms with Crippen LogP contribution in [0.25, 0.3) is 0 Å². The van der Waals surface area contributed by atoms with Crippen molar-refractivity contribution in [2.24, 2.45) is 5.92 Å². The molecule has 1 rings (SSSR count). The molecule has 0 aliphatic carbocycles. The smallest absolute Gasteiger partial charge is 0.311 e. The average molecular weight is 196 g/mol. The summed E-state index contributed by atoms with van der Waals surface area (Å²) in [5.74, 6) is -1.15. The molecule has 0 spiro atoms. The zero-order chi connectivity index (χ0) is 10.7. The molecule has 0 aliphatic rings. The molecule has 1 heterocycles. The van der Waals surface area contributed by atoms with Crippen molar-refractivity contribution >= 4 is 5.97 Å². The van der Waals surface area contributed by atoms with Gasteiger partial charge < -0.3 is 5.11 Å². The van der Waals surface area contributed by atoms with E-state index in [1.54, 1.807) is 17.1 Å². The molecule has 1 atom stereocenters. The number of carbonyl (C=O) groups is 1. The van der Waals surface area contributed by atoms with Gasteiger partial charge >= 0.3 is 5.97 Å². The molecule has 1 aromatic rings. The van der Waals surface area contributed by atoms with Crippen LogP contribution in [0.1, 0.15) is 32.3 Å². The van der Waals surface area contributed by atoms with Gasteiger partial charge in [-0.05, 0) is 12.8 Å². The van der Waals surface area contributed by atoms with Crippen LogP contribution < -0.4 is 0 Å². The Kier molecular flexibility index (Phi) is 3.28. The standard InChI is InChI=1S/C10H16N2O2/c1-4-12-6-8(5-11-12)9(7(2)3)10(13)14/h5-7,9H,4H2,1-3H3,(H,13,14). The minimum absolute atomic E-state index is 0.0852. The maximum absolute atomic E-state index is 11.0. The lowest BCUT2D eigenvalue weighted by Gasteiger charge is -2.13. The maximum Gasteiger partial charge on any atom is 0.311 e. The summed E-state index contributed by atoms with van der Waals surface area (Å²) in [5.41, 5.74) is 0.786. The summed E-state index contributed by atoms with van der Waals surface area (Å²) in [5, 5.41) is 13.1. The van der Waals surface area contributed by atoms with Gasteiger partial charge in [0.2, 0.25) is 0 Å². The fraction of sp³-hybridized carbons (Fsp3) is 0.600.